The van der Waals surface area contributed by atoms with Gasteiger partial charge < -0.3 is 9.47 Å². The molecule has 0 amide bonds. The number of aliphatic imine (C=N–C) groups is 1. The molecule has 4 aromatic rings. The van der Waals surface area contributed by atoms with Gasteiger partial charge in [-0.3, -0.25) is 9.79 Å². The molecule has 0 saturated carbocycles. The number of ether oxygens (including phenoxy) is 2. The fourth-order valence-corrected chi connectivity index (χ4v) is 4.27. The average Bonchev–Trinajstić information content (AvgIpc) is 2.98. The lowest BCUT2D eigenvalue weighted by molar-refractivity contribution is -0.147. The van der Waals surface area contributed by atoms with Crippen molar-refractivity contribution in [2.75, 3.05) is 6.61 Å². The van der Waals surface area contributed by atoms with E-state index in [2.05, 4.69) is 0 Å². The van der Waals surface area contributed by atoms with Crippen molar-refractivity contribution >= 4 is 17.7 Å². The van der Waals surface area contributed by atoms with E-state index in [9.17, 15) is 9.59 Å². The molecule has 0 heterocycles. The number of benzene rings is 4. The SMILES string of the molecule is CCOC(=O)[C@@H](N=C(c1ccccc1)c1ccccc1)C(CC(=O)OCc1ccccc1)c1ccccc1. The van der Waals surface area contributed by atoms with Crippen LogP contribution in [-0.4, -0.2) is 30.3 Å². The maximum Gasteiger partial charge on any atom is 0.331 e. The van der Waals surface area contributed by atoms with E-state index in [1.165, 1.54) is 0 Å². The van der Waals surface area contributed by atoms with Crippen molar-refractivity contribution in [1.29, 1.82) is 0 Å². The zero-order valence-corrected chi connectivity index (χ0v) is 21.4. The number of hydrogen-bond acceptors (Lipinski definition) is 5. The highest BCUT2D eigenvalue weighted by atomic mass is 16.5. The van der Waals surface area contributed by atoms with Crippen molar-refractivity contribution in [2.45, 2.75) is 31.9 Å². The number of rotatable bonds is 11. The number of nitrogens with zero attached hydrogens (tertiary/aromatic N) is 1. The normalized spacial score (nSPS) is 12.1. The first-order valence-corrected chi connectivity index (χ1v) is 12.8. The van der Waals surface area contributed by atoms with Crippen molar-refractivity contribution in [3.05, 3.63) is 144 Å². The van der Waals surface area contributed by atoms with Gasteiger partial charge in [-0.05, 0) is 18.1 Å². The van der Waals surface area contributed by atoms with E-state index in [1.54, 1.807) is 6.92 Å². The molecule has 0 bridgehead atoms. The Morgan fingerprint density at radius 2 is 1.18 bits per heavy atom. The predicted octanol–water partition coefficient (Wildman–Crippen LogP) is 6.37. The highest BCUT2D eigenvalue weighted by Gasteiger charge is 2.33. The lowest BCUT2D eigenvalue weighted by Crippen LogP contribution is -2.32. The first-order valence-electron chi connectivity index (χ1n) is 12.8. The number of hydrogen-bond donors (Lipinski definition) is 0. The topological polar surface area (TPSA) is 65.0 Å². The summed E-state index contributed by atoms with van der Waals surface area (Å²) in [6.07, 6.45) is -0.0271. The summed E-state index contributed by atoms with van der Waals surface area (Å²) in [6.45, 7) is 2.13. The molecule has 5 nitrogen and oxygen atoms in total. The third kappa shape index (κ3) is 7.26. The van der Waals surface area contributed by atoms with Gasteiger partial charge in [-0.25, -0.2) is 4.79 Å². The third-order valence-corrected chi connectivity index (χ3v) is 6.13. The standard InChI is InChI=1S/C33H31NO4/c1-2-37-33(36)32(34-31(27-19-11-5-12-20-27)28-21-13-6-14-22-28)29(26-17-9-4-10-18-26)23-30(35)38-24-25-15-7-3-8-16-25/h3-22,29,32H,2,23-24H2,1H3/t29?,32-/m0/s1. The molecule has 0 aliphatic carbocycles. The highest BCUT2D eigenvalue weighted by molar-refractivity contribution is 6.13. The summed E-state index contributed by atoms with van der Waals surface area (Å²) in [6, 6.07) is 37.5. The van der Waals surface area contributed by atoms with Gasteiger partial charge in [0.2, 0.25) is 0 Å². The van der Waals surface area contributed by atoms with Crippen LogP contribution in [0, 0.1) is 0 Å². The Morgan fingerprint density at radius 3 is 1.71 bits per heavy atom. The van der Waals surface area contributed by atoms with E-state index in [0.717, 1.165) is 22.3 Å². The van der Waals surface area contributed by atoms with Crippen molar-refractivity contribution in [3.8, 4) is 0 Å². The second-order valence-electron chi connectivity index (χ2n) is 8.77. The van der Waals surface area contributed by atoms with E-state index in [-0.39, 0.29) is 19.6 Å². The fraction of sp³-hybridized carbons (Fsp3) is 0.182. The molecule has 1 unspecified atom stereocenters. The van der Waals surface area contributed by atoms with Gasteiger partial charge in [-0.2, -0.15) is 0 Å². The molecule has 5 heteroatoms. The van der Waals surface area contributed by atoms with Crippen molar-refractivity contribution in [3.63, 3.8) is 0 Å². The van der Waals surface area contributed by atoms with E-state index in [0.29, 0.717) is 5.71 Å². The molecular formula is C33H31NO4. The van der Waals surface area contributed by atoms with Gasteiger partial charge in [-0.15, -0.1) is 0 Å². The maximum atomic E-state index is 13.4. The van der Waals surface area contributed by atoms with Gasteiger partial charge in [0.15, 0.2) is 6.04 Å². The van der Waals surface area contributed by atoms with Crippen LogP contribution < -0.4 is 0 Å². The minimum atomic E-state index is -0.961. The Hall–Kier alpha value is -4.51. The molecule has 4 aromatic carbocycles. The van der Waals surface area contributed by atoms with E-state index < -0.39 is 23.9 Å². The molecule has 0 N–H and O–H groups in total. The van der Waals surface area contributed by atoms with Gasteiger partial charge in [0.05, 0.1) is 18.7 Å². The van der Waals surface area contributed by atoms with Crippen LogP contribution in [0.2, 0.25) is 0 Å². The number of esters is 2. The third-order valence-electron chi connectivity index (χ3n) is 6.13. The van der Waals surface area contributed by atoms with Crippen LogP contribution >= 0.6 is 0 Å². The van der Waals surface area contributed by atoms with Crippen LogP contribution in [0.4, 0.5) is 0 Å². The number of carbonyl (C=O) groups is 2. The average molecular weight is 506 g/mol. The molecule has 0 fully saturated rings. The summed E-state index contributed by atoms with van der Waals surface area (Å²) in [5, 5.41) is 0. The van der Waals surface area contributed by atoms with E-state index in [4.69, 9.17) is 14.5 Å². The van der Waals surface area contributed by atoms with Crippen LogP contribution in [0.25, 0.3) is 0 Å². The first-order chi connectivity index (χ1) is 18.7. The zero-order valence-electron chi connectivity index (χ0n) is 21.4. The van der Waals surface area contributed by atoms with E-state index in [1.807, 2.05) is 121 Å². The summed E-state index contributed by atoms with van der Waals surface area (Å²) >= 11 is 0. The molecule has 0 radical (unpaired) electrons. The Balaban J connectivity index is 1.74. The quantitative estimate of drug-likeness (QED) is 0.175. The van der Waals surface area contributed by atoms with Crippen molar-refractivity contribution < 1.29 is 19.1 Å². The predicted molar refractivity (Wildman–Crippen MR) is 149 cm³/mol. The molecule has 38 heavy (non-hydrogen) atoms. The fourth-order valence-electron chi connectivity index (χ4n) is 4.27. The molecule has 0 spiro atoms. The van der Waals surface area contributed by atoms with E-state index >= 15 is 0 Å². The monoisotopic (exact) mass is 505 g/mol. The van der Waals surface area contributed by atoms with Crippen LogP contribution in [0.5, 0.6) is 0 Å². The van der Waals surface area contributed by atoms with Gasteiger partial charge in [-0.1, -0.05) is 121 Å². The Bertz CT molecular complexity index is 1280. The van der Waals surface area contributed by atoms with Crippen molar-refractivity contribution in [1.82, 2.24) is 0 Å². The van der Waals surface area contributed by atoms with Crippen molar-refractivity contribution in [2.24, 2.45) is 4.99 Å². The van der Waals surface area contributed by atoms with Gasteiger partial charge in [0.1, 0.15) is 6.61 Å². The van der Waals surface area contributed by atoms with Gasteiger partial charge in [0.25, 0.3) is 0 Å². The summed E-state index contributed by atoms with van der Waals surface area (Å²) in [4.78, 5) is 31.5. The smallest absolute Gasteiger partial charge is 0.331 e. The second kappa shape index (κ2) is 13.7. The minimum absolute atomic E-state index is 0.0271. The minimum Gasteiger partial charge on any atom is -0.464 e. The zero-order chi connectivity index (χ0) is 26.6. The molecule has 0 saturated heterocycles. The molecular weight excluding hydrogens is 474 g/mol. The molecule has 0 aromatic heterocycles. The number of carbonyl (C=O) groups excluding carboxylic acids is 2. The molecule has 0 aliphatic heterocycles. The highest BCUT2D eigenvalue weighted by Crippen LogP contribution is 2.29. The summed E-state index contributed by atoms with van der Waals surface area (Å²) in [7, 11) is 0. The maximum absolute atomic E-state index is 13.4. The first kappa shape index (κ1) is 26.6. The van der Waals surface area contributed by atoms with Gasteiger partial charge in [0, 0.05) is 17.0 Å². The largest absolute Gasteiger partial charge is 0.464 e. The molecule has 4 rings (SSSR count). The van der Waals surface area contributed by atoms with Crippen LogP contribution in [0.15, 0.2) is 126 Å². The molecule has 192 valence electrons. The Labute approximate surface area is 223 Å². The van der Waals surface area contributed by atoms with Crippen LogP contribution in [-0.2, 0) is 25.7 Å². The summed E-state index contributed by atoms with van der Waals surface area (Å²) < 4.78 is 11.1. The Kier molecular flexibility index (Phi) is 9.57. The van der Waals surface area contributed by atoms with Gasteiger partial charge >= 0.3 is 11.9 Å². The van der Waals surface area contributed by atoms with Crippen LogP contribution in [0.1, 0.15) is 41.5 Å². The second-order valence-corrected chi connectivity index (χ2v) is 8.77. The lowest BCUT2D eigenvalue weighted by atomic mass is 9.88. The molecule has 0 aliphatic rings. The summed E-state index contributed by atoms with van der Waals surface area (Å²) in [5.74, 6) is -1.48. The molecule has 2 atom stereocenters. The lowest BCUT2D eigenvalue weighted by Gasteiger charge is -2.24. The summed E-state index contributed by atoms with van der Waals surface area (Å²) in [5.41, 5.74) is 4.10. The van der Waals surface area contributed by atoms with Crippen LogP contribution in [0.3, 0.4) is 0 Å². The Morgan fingerprint density at radius 1 is 0.684 bits per heavy atom.